The lowest BCUT2D eigenvalue weighted by molar-refractivity contribution is 0.0947. The molecule has 1 aromatic carbocycles. The van der Waals surface area contributed by atoms with Crippen LogP contribution in [0.2, 0.25) is 5.02 Å². The van der Waals surface area contributed by atoms with Gasteiger partial charge in [0.2, 0.25) is 0 Å². The highest BCUT2D eigenvalue weighted by Gasteiger charge is 2.19. The molecule has 0 aliphatic heterocycles. The Kier molecular flexibility index (Phi) is 4.81. The minimum absolute atomic E-state index is 0.205. The van der Waals surface area contributed by atoms with Gasteiger partial charge in [-0.1, -0.05) is 11.6 Å². The molecule has 1 heterocycles. The second kappa shape index (κ2) is 6.59. The van der Waals surface area contributed by atoms with Gasteiger partial charge in [0, 0.05) is 24.0 Å². The molecule has 0 aliphatic rings. The van der Waals surface area contributed by atoms with Gasteiger partial charge in [0.15, 0.2) is 0 Å². The van der Waals surface area contributed by atoms with E-state index >= 15 is 0 Å². The maximum atomic E-state index is 12.4. The van der Waals surface area contributed by atoms with Gasteiger partial charge in [0.1, 0.15) is 5.75 Å². The quantitative estimate of drug-likeness (QED) is 0.943. The number of amides is 1. The number of nitrogens with zero attached hydrogens (tertiary/aromatic N) is 1. The Balaban J connectivity index is 2.25. The molecule has 0 atom stereocenters. The van der Waals surface area contributed by atoms with Crippen LogP contribution in [-0.4, -0.2) is 18.0 Å². The van der Waals surface area contributed by atoms with Crippen molar-refractivity contribution in [1.29, 1.82) is 0 Å². The van der Waals surface area contributed by atoms with Crippen LogP contribution >= 0.6 is 11.6 Å². The molecule has 4 nitrogen and oxygen atoms in total. The molecule has 0 aliphatic carbocycles. The number of ether oxygens (including phenoxy) is 1. The number of pyridine rings is 1. The number of benzene rings is 1. The van der Waals surface area contributed by atoms with E-state index in [0.717, 1.165) is 16.7 Å². The van der Waals surface area contributed by atoms with Gasteiger partial charge >= 0.3 is 0 Å². The summed E-state index contributed by atoms with van der Waals surface area (Å²) < 4.78 is 5.31. The number of hydrogen-bond donors (Lipinski definition) is 1. The molecular weight excluding hydrogens is 288 g/mol. The van der Waals surface area contributed by atoms with E-state index in [1.165, 1.54) is 0 Å². The summed E-state index contributed by atoms with van der Waals surface area (Å²) in [5.41, 5.74) is 3.06. The van der Waals surface area contributed by atoms with Crippen LogP contribution in [0.5, 0.6) is 5.75 Å². The van der Waals surface area contributed by atoms with Crippen LogP contribution in [0.25, 0.3) is 0 Å². The lowest BCUT2D eigenvalue weighted by Crippen LogP contribution is -2.24. The van der Waals surface area contributed by atoms with Crippen molar-refractivity contribution in [2.45, 2.75) is 20.4 Å². The number of nitrogens with one attached hydrogen (secondary N) is 1. The normalized spacial score (nSPS) is 10.3. The van der Waals surface area contributed by atoms with E-state index in [0.29, 0.717) is 22.9 Å². The Morgan fingerprint density at radius 2 is 2.00 bits per heavy atom. The highest BCUT2D eigenvalue weighted by Crippen LogP contribution is 2.31. The van der Waals surface area contributed by atoms with Crippen molar-refractivity contribution in [3.8, 4) is 5.75 Å². The van der Waals surface area contributed by atoms with Gasteiger partial charge in [-0.15, -0.1) is 0 Å². The van der Waals surface area contributed by atoms with Crippen molar-refractivity contribution < 1.29 is 9.53 Å². The summed E-state index contributed by atoms with van der Waals surface area (Å²) >= 11 is 6.23. The number of carbonyl (C=O) groups is 1. The Morgan fingerprint density at radius 1 is 1.33 bits per heavy atom. The van der Waals surface area contributed by atoms with Crippen LogP contribution in [0.15, 0.2) is 30.6 Å². The van der Waals surface area contributed by atoms with Gasteiger partial charge < -0.3 is 10.1 Å². The first-order valence-electron chi connectivity index (χ1n) is 6.55. The number of rotatable bonds is 4. The number of hydrogen-bond acceptors (Lipinski definition) is 3. The third-order valence-electron chi connectivity index (χ3n) is 3.29. The lowest BCUT2D eigenvalue weighted by Gasteiger charge is -2.15. The van der Waals surface area contributed by atoms with Crippen LogP contribution in [-0.2, 0) is 6.54 Å². The smallest absolute Gasteiger partial charge is 0.255 e. The maximum absolute atomic E-state index is 12.4. The molecule has 2 rings (SSSR count). The molecule has 0 saturated carbocycles. The second-order valence-electron chi connectivity index (χ2n) is 4.75. The summed E-state index contributed by atoms with van der Waals surface area (Å²) in [6.07, 6.45) is 3.38. The van der Waals surface area contributed by atoms with Gasteiger partial charge in [-0.25, -0.2) is 0 Å². The highest BCUT2D eigenvalue weighted by molar-refractivity contribution is 6.32. The third-order valence-corrected chi connectivity index (χ3v) is 3.88. The first kappa shape index (κ1) is 15.3. The topological polar surface area (TPSA) is 51.2 Å². The molecule has 0 spiro atoms. The van der Waals surface area contributed by atoms with Crippen LogP contribution in [0, 0.1) is 13.8 Å². The highest BCUT2D eigenvalue weighted by atomic mass is 35.5. The van der Waals surface area contributed by atoms with E-state index in [4.69, 9.17) is 16.3 Å². The molecule has 1 aromatic heterocycles. The van der Waals surface area contributed by atoms with Gasteiger partial charge in [-0.3, -0.25) is 9.78 Å². The molecule has 0 saturated heterocycles. The average molecular weight is 305 g/mol. The summed E-state index contributed by atoms with van der Waals surface area (Å²) in [7, 11) is 1.54. The van der Waals surface area contributed by atoms with Crippen LogP contribution in [0.4, 0.5) is 0 Å². The van der Waals surface area contributed by atoms with Crippen molar-refractivity contribution in [3.05, 3.63) is 57.9 Å². The summed E-state index contributed by atoms with van der Waals surface area (Å²) in [4.78, 5) is 16.4. The first-order chi connectivity index (χ1) is 10.0. The molecule has 21 heavy (non-hydrogen) atoms. The van der Waals surface area contributed by atoms with E-state index in [-0.39, 0.29) is 5.91 Å². The minimum Gasteiger partial charge on any atom is -0.496 e. The van der Waals surface area contributed by atoms with Crippen LogP contribution in [0.3, 0.4) is 0 Å². The predicted octanol–water partition coefficient (Wildman–Crippen LogP) is 3.29. The van der Waals surface area contributed by atoms with Crippen LogP contribution in [0.1, 0.15) is 27.0 Å². The number of aromatic nitrogens is 1. The Morgan fingerprint density at radius 3 is 2.62 bits per heavy atom. The molecule has 0 bridgehead atoms. The minimum atomic E-state index is -0.205. The monoisotopic (exact) mass is 304 g/mol. The van der Waals surface area contributed by atoms with E-state index in [2.05, 4.69) is 10.3 Å². The van der Waals surface area contributed by atoms with Crippen molar-refractivity contribution in [3.63, 3.8) is 0 Å². The van der Waals surface area contributed by atoms with Crippen LogP contribution < -0.4 is 10.1 Å². The molecule has 1 amide bonds. The third kappa shape index (κ3) is 3.34. The van der Waals surface area contributed by atoms with Crippen molar-refractivity contribution in [2.75, 3.05) is 7.11 Å². The Hall–Kier alpha value is -2.07. The maximum Gasteiger partial charge on any atom is 0.255 e. The van der Waals surface area contributed by atoms with E-state index in [9.17, 15) is 4.79 Å². The van der Waals surface area contributed by atoms with Gasteiger partial charge in [-0.2, -0.15) is 0 Å². The fourth-order valence-corrected chi connectivity index (χ4v) is 2.29. The summed E-state index contributed by atoms with van der Waals surface area (Å²) in [6.45, 7) is 4.13. The van der Waals surface area contributed by atoms with E-state index < -0.39 is 0 Å². The average Bonchev–Trinajstić information content (AvgIpc) is 2.51. The zero-order chi connectivity index (χ0) is 15.4. The molecule has 0 unspecified atom stereocenters. The largest absolute Gasteiger partial charge is 0.496 e. The van der Waals surface area contributed by atoms with E-state index in [1.807, 2.05) is 26.0 Å². The fourth-order valence-electron chi connectivity index (χ4n) is 2.14. The van der Waals surface area contributed by atoms with Crippen molar-refractivity contribution >= 4 is 17.5 Å². The molecular formula is C16H17ClN2O2. The second-order valence-corrected chi connectivity index (χ2v) is 5.13. The van der Waals surface area contributed by atoms with Crippen molar-refractivity contribution in [1.82, 2.24) is 10.3 Å². The molecule has 5 heteroatoms. The van der Waals surface area contributed by atoms with Gasteiger partial charge in [0.05, 0.1) is 12.7 Å². The standard InChI is InChI=1S/C16H17ClN2O2/c1-10-8-13(21-3)14(11(2)15(10)17)16(20)19-9-12-4-6-18-7-5-12/h4-8H,9H2,1-3H3,(H,19,20). The zero-order valence-corrected chi connectivity index (χ0v) is 13.0. The zero-order valence-electron chi connectivity index (χ0n) is 12.2. The van der Waals surface area contributed by atoms with Gasteiger partial charge in [0.25, 0.3) is 5.91 Å². The summed E-state index contributed by atoms with van der Waals surface area (Å²) in [5, 5.41) is 3.46. The molecule has 1 N–H and O–H groups in total. The molecule has 0 radical (unpaired) electrons. The first-order valence-corrected chi connectivity index (χ1v) is 6.93. The fraction of sp³-hybridized carbons (Fsp3) is 0.250. The lowest BCUT2D eigenvalue weighted by atomic mass is 10.0. The molecule has 0 fully saturated rings. The van der Waals surface area contributed by atoms with Crippen molar-refractivity contribution in [2.24, 2.45) is 0 Å². The number of carbonyl (C=O) groups excluding carboxylic acids is 1. The summed E-state index contributed by atoms with van der Waals surface area (Å²) in [6, 6.07) is 5.48. The molecule has 2 aromatic rings. The number of methoxy groups -OCH3 is 1. The summed E-state index contributed by atoms with van der Waals surface area (Å²) in [5.74, 6) is 0.324. The predicted molar refractivity (Wildman–Crippen MR) is 82.9 cm³/mol. The Labute approximate surface area is 129 Å². The number of aryl methyl sites for hydroxylation is 1. The number of halogens is 1. The van der Waals surface area contributed by atoms with E-state index in [1.54, 1.807) is 25.6 Å². The Bertz CT molecular complexity index is 657. The van der Waals surface area contributed by atoms with Gasteiger partial charge in [-0.05, 0) is 48.7 Å². The SMILES string of the molecule is COc1cc(C)c(Cl)c(C)c1C(=O)NCc1ccncc1. The molecule has 110 valence electrons.